The summed E-state index contributed by atoms with van der Waals surface area (Å²) in [5, 5.41) is 0. The molecule has 0 bridgehead atoms. The van der Waals surface area contributed by atoms with Gasteiger partial charge in [-0.2, -0.15) is 0 Å². The van der Waals surface area contributed by atoms with Crippen LogP contribution in [-0.4, -0.2) is 17.8 Å². The Bertz CT molecular complexity index is 244. The van der Waals surface area contributed by atoms with Crippen LogP contribution in [0.1, 0.15) is 34.1 Å². The number of hydrogen-bond donors (Lipinski definition) is 0. The molecule has 0 aromatic carbocycles. The molecule has 3 atom stereocenters. The molecule has 2 aliphatic rings. The smallest absolute Gasteiger partial charge is 0.138 e. The van der Waals surface area contributed by atoms with Gasteiger partial charge in [0.1, 0.15) is 11.7 Å². The van der Waals surface area contributed by atoms with Crippen LogP contribution in [0.15, 0.2) is 11.3 Å². The second-order valence-corrected chi connectivity index (χ2v) is 4.18. The third kappa shape index (κ3) is 0.908. The average molecular weight is 168 g/mol. The third-order valence-corrected chi connectivity index (χ3v) is 2.95. The molecule has 0 unspecified atom stereocenters. The minimum absolute atomic E-state index is 0.0758. The molecule has 0 amide bonds. The van der Waals surface area contributed by atoms with Crippen LogP contribution in [0.3, 0.4) is 0 Å². The van der Waals surface area contributed by atoms with E-state index in [0.717, 1.165) is 12.2 Å². The Balaban J connectivity index is 2.29. The lowest BCUT2D eigenvalue weighted by atomic mass is 9.94. The lowest BCUT2D eigenvalue weighted by Gasteiger charge is -2.22. The molecule has 1 fully saturated rings. The zero-order chi connectivity index (χ0) is 8.93. The molecule has 0 aromatic rings. The summed E-state index contributed by atoms with van der Waals surface area (Å²) < 4.78 is 11.6. The van der Waals surface area contributed by atoms with Crippen LogP contribution in [0.5, 0.6) is 0 Å². The first-order chi connectivity index (χ1) is 5.53. The predicted octanol–water partition coefficient (Wildman–Crippen LogP) is 2.25. The quantitative estimate of drug-likeness (QED) is 0.552. The first-order valence-corrected chi connectivity index (χ1v) is 4.55. The molecule has 0 aromatic heterocycles. The summed E-state index contributed by atoms with van der Waals surface area (Å²) in [7, 11) is 0. The van der Waals surface area contributed by atoms with Crippen LogP contribution < -0.4 is 0 Å². The summed E-state index contributed by atoms with van der Waals surface area (Å²) in [6, 6.07) is 0. The fraction of sp³-hybridized carbons (Fsp3) is 0.800. The van der Waals surface area contributed by atoms with Crippen LogP contribution in [0.2, 0.25) is 0 Å². The molecule has 2 aliphatic heterocycles. The van der Waals surface area contributed by atoms with Crippen LogP contribution >= 0.6 is 0 Å². The van der Waals surface area contributed by atoms with Crippen molar-refractivity contribution in [2.45, 2.75) is 51.9 Å². The van der Waals surface area contributed by atoms with Crippen molar-refractivity contribution in [3.8, 4) is 0 Å². The maximum atomic E-state index is 5.81. The summed E-state index contributed by atoms with van der Waals surface area (Å²) in [4.78, 5) is 0. The molecule has 1 saturated heterocycles. The minimum atomic E-state index is -0.0758. The van der Waals surface area contributed by atoms with Gasteiger partial charge in [0.15, 0.2) is 0 Å². The minimum Gasteiger partial charge on any atom is -0.489 e. The van der Waals surface area contributed by atoms with E-state index >= 15 is 0 Å². The molecule has 0 saturated carbocycles. The highest BCUT2D eigenvalue weighted by Crippen LogP contribution is 2.44. The van der Waals surface area contributed by atoms with Crippen molar-refractivity contribution in [1.82, 2.24) is 0 Å². The lowest BCUT2D eigenvalue weighted by molar-refractivity contribution is -0.00337. The average Bonchev–Trinajstić information content (AvgIpc) is 2.31. The molecule has 12 heavy (non-hydrogen) atoms. The highest BCUT2D eigenvalue weighted by molar-refractivity contribution is 5.24. The Hall–Kier alpha value is -0.500. The molecule has 0 radical (unpaired) electrons. The van der Waals surface area contributed by atoms with Crippen molar-refractivity contribution in [1.29, 1.82) is 0 Å². The van der Waals surface area contributed by atoms with Crippen molar-refractivity contribution in [2.24, 2.45) is 0 Å². The molecule has 2 nitrogen and oxygen atoms in total. The Morgan fingerprint density at radius 2 is 2.08 bits per heavy atom. The SMILES string of the molecule is CC1=C(C)[C@H]2O[C@H](C)C[C@@]2(C)O1. The van der Waals surface area contributed by atoms with Gasteiger partial charge in [-0.25, -0.2) is 0 Å². The predicted molar refractivity (Wildman–Crippen MR) is 46.8 cm³/mol. The summed E-state index contributed by atoms with van der Waals surface area (Å²) in [5.41, 5.74) is 1.19. The van der Waals surface area contributed by atoms with E-state index < -0.39 is 0 Å². The molecule has 0 aliphatic carbocycles. The van der Waals surface area contributed by atoms with E-state index in [4.69, 9.17) is 9.47 Å². The summed E-state index contributed by atoms with van der Waals surface area (Å²) in [6.45, 7) is 8.37. The lowest BCUT2D eigenvalue weighted by Crippen LogP contribution is -2.32. The molecule has 0 N–H and O–H groups in total. The highest BCUT2D eigenvalue weighted by atomic mass is 16.6. The van der Waals surface area contributed by atoms with E-state index in [-0.39, 0.29) is 11.7 Å². The van der Waals surface area contributed by atoms with Crippen LogP contribution in [0.4, 0.5) is 0 Å². The maximum absolute atomic E-state index is 5.81. The van der Waals surface area contributed by atoms with E-state index in [1.807, 2.05) is 6.92 Å². The first-order valence-electron chi connectivity index (χ1n) is 4.55. The Morgan fingerprint density at radius 1 is 1.42 bits per heavy atom. The summed E-state index contributed by atoms with van der Waals surface area (Å²) >= 11 is 0. The van der Waals surface area contributed by atoms with Crippen molar-refractivity contribution in [3.05, 3.63) is 11.3 Å². The van der Waals surface area contributed by atoms with Gasteiger partial charge >= 0.3 is 0 Å². The molecular weight excluding hydrogens is 152 g/mol. The molecule has 2 rings (SSSR count). The van der Waals surface area contributed by atoms with Crippen molar-refractivity contribution in [3.63, 3.8) is 0 Å². The second kappa shape index (κ2) is 2.25. The molecule has 2 heteroatoms. The van der Waals surface area contributed by atoms with Crippen molar-refractivity contribution >= 4 is 0 Å². The van der Waals surface area contributed by atoms with E-state index in [0.29, 0.717) is 6.10 Å². The Morgan fingerprint density at radius 3 is 2.67 bits per heavy atom. The van der Waals surface area contributed by atoms with Gasteiger partial charge in [-0.15, -0.1) is 0 Å². The second-order valence-electron chi connectivity index (χ2n) is 4.18. The first kappa shape index (κ1) is 8.11. The zero-order valence-electron chi connectivity index (χ0n) is 8.18. The van der Waals surface area contributed by atoms with E-state index in [9.17, 15) is 0 Å². The van der Waals surface area contributed by atoms with Crippen LogP contribution in [-0.2, 0) is 9.47 Å². The van der Waals surface area contributed by atoms with E-state index in [1.165, 1.54) is 5.57 Å². The summed E-state index contributed by atoms with van der Waals surface area (Å²) in [5.74, 6) is 1.05. The monoisotopic (exact) mass is 168 g/mol. The highest BCUT2D eigenvalue weighted by Gasteiger charge is 2.50. The largest absolute Gasteiger partial charge is 0.489 e. The van der Waals surface area contributed by atoms with Crippen LogP contribution in [0.25, 0.3) is 0 Å². The number of ether oxygens (including phenoxy) is 2. The number of allylic oxidation sites excluding steroid dienone is 1. The Kier molecular flexibility index (Phi) is 1.52. The van der Waals surface area contributed by atoms with Gasteiger partial charge in [0.05, 0.1) is 11.9 Å². The fourth-order valence-electron chi connectivity index (χ4n) is 2.37. The van der Waals surface area contributed by atoms with Crippen molar-refractivity contribution in [2.75, 3.05) is 0 Å². The topological polar surface area (TPSA) is 18.5 Å². The maximum Gasteiger partial charge on any atom is 0.138 e. The van der Waals surface area contributed by atoms with Gasteiger partial charge in [0, 0.05) is 6.42 Å². The van der Waals surface area contributed by atoms with Gasteiger partial charge in [0.2, 0.25) is 0 Å². The molecule has 2 heterocycles. The number of hydrogen-bond acceptors (Lipinski definition) is 2. The zero-order valence-corrected chi connectivity index (χ0v) is 8.18. The van der Waals surface area contributed by atoms with Gasteiger partial charge < -0.3 is 9.47 Å². The van der Waals surface area contributed by atoms with Crippen LogP contribution in [0, 0.1) is 0 Å². The normalized spacial score (nSPS) is 46.3. The Labute approximate surface area is 73.5 Å². The van der Waals surface area contributed by atoms with Gasteiger partial charge in [0.25, 0.3) is 0 Å². The number of rotatable bonds is 0. The van der Waals surface area contributed by atoms with Crippen molar-refractivity contribution < 1.29 is 9.47 Å². The van der Waals surface area contributed by atoms with E-state index in [2.05, 4.69) is 20.8 Å². The molecule has 0 spiro atoms. The standard InChI is InChI=1S/C10H16O2/c1-6-5-10(4)9(11-6)7(2)8(3)12-10/h6,9H,5H2,1-4H3/t6-,9-,10-/m1/s1. The third-order valence-electron chi connectivity index (χ3n) is 2.95. The van der Waals surface area contributed by atoms with Gasteiger partial charge in [-0.1, -0.05) is 0 Å². The fourth-order valence-corrected chi connectivity index (χ4v) is 2.37. The van der Waals surface area contributed by atoms with Gasteiger partial charge in [-0.3, -0.25) is 0 Å². The van der Waals surface area contributed by atoms with Gasteiger partial charge in [-0.05, 0) is 33.3 Å². The summed E-state index contributed by atoms with van der Waals surface area (Å²) in [6.07, 6.45) is 1.54. The van der Waals surface area contributed by atoms with E-state index in [1.54, 1.807) is 0 Å². The molecule has 68 valence electrons. The molecular formula is C10H16O2. The number of fused-ring (bicyclic) bond motifs is 1.